The molecule has 0 aromatic heterocycles. The van der Waals surface area contributed by atoms with Gasteiger partial charge in [-0.15, -0.1) is 0 Å². The van der Waals surface area contributed by atoms with Gasteiger partial charge in [0.25, 0.3) is 5.91 Å². The first-order chi connectivity index (χ1) is 16.5. The zero-order valence-electron chi connectivity index (χ0n) is 21.5. The number of amides is 2. The van der Waals surface area contributed by atoms with E-state index in [2.05, 4.69) is 18.7 Å². The molecule has 0 N–H and O–H groups in total. The molecule has 1 fully saturated rings. The Morgan fingerprint density at radius 2 is 1.82 bits per heavy atom. The second-order valence-corrected chi connectivity index (χ2v) is 10.2. The van der Waals surface area contributed by atoms with E-state index in [1.807, 2.05) is 36.1 Å². The van der Waals surface area contributed by atoms with Gasteiger partial charge < -0.3 is 19.3 Å². The summed E-state index contributed by atoms with van der Waals surface area (Å²) in [6.45, 7) is 9.76. The lowest BCUT2D eigenvalue weighted by molar-refractivity contribution is -0.138. The first-order valence-corrected chi connectivity index (χ1v) is 13.4. The molecule has 6 heteroatoms. The van der Waals surface area contributed by atoms with Crippen LogP contribution in [0.2, 0.25) is 0 Å². The van der Waals surface area contributed by atoms with Gasteiger partial charge in [0, 0.05) is 26.2 Å². The van der Waals surface area contributed by atoms with Crippen LogP contribution in [0.5, 0.6) is 5.75 Å². The van der Waals surface area contributed by atoms with E-state index in [9.17, 15) is 9.59 Å². The van der Waals surface area contributed by atoms with E-state index in [1.165, 1.54) is 0 Å². The molecule has 2 amide bonds. The fraction of sp³-hybridized carbons (Fsp3) is 0.714. The lowest BCUT2D eigenvalue weighted by Gasteiger charge is -2.35. The molecule has 2 atom stereocenters. The van der Waals surface area contributed by atoms with Crippen molar-refractivity contribution in [3.8, 4) is 5.75 Å². The molecule has 2 aliphatic heterocycles. The van der Waals surface area contributed by atoms with Crippen LogP contribution in [0.25, 0.3) is 0 Å². The van der Waals surface area contributed by atoms with Crippen molar-refractivity contribution in [2.75, 3.05) is 32.8 Å². The summed E-state index contributed by atoms with van der Waals surface area (Å²) in [5.74, 6) is 1.24. The molecule has 190 valence electrons. The zero-order chi connectivity index (χ0) is 24.3. The number of fused-ring (bicyclic) bond motifs is 1. The van der Waals surface area contributed by atoms with Crippen LogP contribution in [0.1, 0.15) is 88.9 Å². The summed E-state index contributed by atoms with van der Waals surface area (Å²) in [5.41, 5.74) is 0.609. The Balaban J connectivity index is 1.83. The van der Waals surface area contributed by atoms with Gasteiger partial charge in [-0.25, -0.2) is 0 Å². The number of nitrogens with zero attached hydrogens (tertiary/aromatic N) is 2. The number of hydrogen-bond acceptors (Lipinski definition) is 4. The van der Waals surface area contributed by atoms with Crippen LogP contribution in [0.15, 0.2) is 24.3 Å². The van der Waals surface area contributed by atoms with Crippen molar-refractivity contribution in [2.45, 2.75) is 90.7 Å². The van der Waals surface area contributed by atoms with Gasteiger partial charge in [-0.2, -0.15) is 0 Å². The smallest absolute Gasteiger partial charge is 0.257 e. The average Bonchev–Trinajstić information content (AvgIpc) is 2.83. The van der Waals surface area contributed by atoms with Gasteiger partial charge >= 0.3 is 0 Å². The number of rotatable bonds is 5. The minimum absolute atomic E-state index is 0.0236. The molecule has 0 radical (unpaired) electrons. The number of hydrogen-bond donors (Lipinski definition) is 0. The maximum atomic E-state index is 13.5. The van der Waals surface area contributed by atoms with Gasteiger partial charge in [-0.05, 0) is 63.5 Å². The molecule has 3 rings (SSSR count). The third-order valence-electron chi connectivity index (χ3n) is 6.98. The second kappa shape index (κ2) is 13.7. The van der Waals surface area contributed by atoms with Crippen molar-refractivity contribution >= 4 is 11.8 Å². The number of para-hydroxylation sites is 1. The highest BCUT2D eigenvalue weighted by Gasteiger charge is 2.29. The maximum absolute atomic E-state index is 13.5. The van der Waals surface area contributed by atoms with E-state index in [1.54, 1.807) is 0 Å². The monoisotopic (exact) mass is 472 g/mol. The summed E-state index contributed by atoms with van der Waals surface area (Å²) in [4.78, 5) is 30.7. The molecule has 1 aromatic carbocycles. The van der Waals surface area contributed by atoms with Gasteiger partial charge in [0.2, 0.25) is 5.91 Å². The van der Waals surface area contributed by atoms with E-state index in [0.29, 0.717) is 36.8 Å². The predicted octanol–water partition coefficient (Wildman–Crippen LogP) is 5.30. The molecule has 0 spiro atoms. The van der Waals surface area contributed by atoms with Crippen molar-refractivity contribution < 1.29 is 19.1 Å². The Bertz CT molecular complexity index is 775. The van der Waals surface area contributed by atoms with E-state index < -0.39 is 0 Å². The van der Waals surface area contributed by atoms with Crippen molar-refractivity contribution in [1.29, 1.82) is 0 Å². The van der Waals surface area contributed by atoms with Gasteiger partial charge in [-0.1, -0.05) is 38.8 Å². The largest absolute Gasteiger partial charge is 0.491 e. The Hall–Kier alpha value is -2.08. The Morgan fingerprint density at radius 3 is 2.53 bits per heavy atom. The standard InChI is InChI=1S/C28H44N2O4/c1-4-29-16-10-5-6-11-17-30(27(31)20-24-13-9-12-18-33-24)23(19-22(2)3)21-34-26-15-8-7-14-25(26)28(29)32/h7-8,14-15,22-24H,4-6,9-13,16-21H2,1-3H3/t23-,24?/m0/s1. The lowest BCUT2D eigenvalue weighted by Crippen LogP contribution is -2.46. The number of benzene rings is 1. The Kier molecular flexibility index (Phi) is 10.7. The second-order valence-electron chi connectivity index (χ2n) is 10.2. The van der Waals surface area contributed by atoms with E-state index in [0.717, 1.165) is 71.1 Å². The van der Waals surface area contributed by atoms with E-state index in [-0.39, 0.29) is 24.0 Å². The third-order valence-corrected chi connectivity index (χ3v) is 6.98. The highest BCUT2D eigenvalue weighted by atomic mass is 16.5. The number of carbonyl (C=O) groups is 2. The van der Waals surface area contributed by atoms with Crippen LogP contribution in [0, 0.1) is 5.92 Å². The first-order valence-electron chi connectivity index (χ1n) is 13.4. The van der Waals surface area contributed by atoms with Crippen LogP contribution in [-0.4, -0.2) is 66.6 Å². The van der Waals surface area contributed by atoms with Crippen LogP contribution in [0.4, 0.5) is 0 Å². The average molecular weight is 473 g/mol. The summed E-state index contributed by atoms with van der Waals surface area (Å²) < 4.78 is 12.2. The number of ether oxygens (including phenoxy) is 2. The molecule has 1 aromatic rings. The minimum Gasteiger partial charge on any atom is -0.491 e. The quantitative estimate of drug-likeness (QED) is 0.583. The summed E-state index contributed by atoms with van der Waals surface area (Å²) >= 11 is 0. The van der Waals surface area contributed by atoms with Crippen molar-refractivity contribution in [1.82, 2.24) is 9.80 Å². The molecule has 2 aliphatic rings. The summed E-state index contributed by atoms with van der Waals surface area (Å²) in [6.07, 6.45) is 8.61. The van der Waals surface area contributed by atoms with Crippen molar-refractivity contribution in [3.05, 3.63) is 29.8 Å². The zero-order valence-corrected chi connectivity index (χ0v) is 21.5. The highest BCUT2D eigenvalue weighted by molar-refractivity contribution is 5.96. The van der Waals surface area contributed by atoms with E-state index in [4.69, 9.17) is 9.47 Å². The highest BCUT2D eigenvalue weighted by Crippen LogP contribution is 2.24. The molecule has 1 unspecified atom stereocenters. The van der Waals surface area contributed by atoms with Gasteiger partial charge in [0.05, 0.1) is 24.1 Å². The van der Waals surface area contributed by atoms with Crippen molar-refractivity contribution in [2.24, 2.45) is 5.92 Å². The summed E-state index contributed by atoms with van der Waals surface area (Å²) in [5, 5.41) is 0. The van der Waals surface area contributed by atoms with Crippen LogP contribution >= 0.6 is 0 Å². The molecule has 0 aliphatic carbocycles. The van der Waals surface area contributed by atoms with Crippen LogP contribution < -0.4 is 4.74 Å². The van der Waals surface area contributed by atoms with Gasteiger partial charge in [0.1, 0.15) is 12.4 Å². The molecule has 1 saturated heterocycles. The minimum atomic E-state index is -0.0236. The maximum Gasteiger partial charge on any atom is 0.257 e. The first kappa shape index (κ1) is 26.5. The topological polar surface area (TPSA) is 59.1 Å². The van der Waals surface area contributed by atoms with E-state index >= 15 is 0 Å². The summed E-state index contributed by atoms with van der Waals surface area (Å²) in [7, 11) is 0. The lowest BCUT2D eigenvalue weighted by atomic mass is 10.00. The Morgan fingerprint density at radius 1 is 1.06 bits per heavy atom. The Labute approximate surface area is 206 Å². The van der Waals surface area contributed by atoms with Gasteiger partial charge in [-0.3, -0.25) is 9.59 Å². The molecule has 2 heterocycles. The molecular weight excluding hydrogens is 428 g/mol. The molecule has 6 nitrogen and oxygen atoms in total. The van der Waals surface area contributed by atoms with Crippen LogP contribution in [0.3, 0.4) is 0 Å². The fourth-order valence-corrected chi connectivity index (χ4v) is 5.09. The molecular formula is C28H44N2O4. The van der Waals surface area contributed by atoms with Crippen LogP contribution in [-0.2, 0) is 9.53 Å². The SMILES string of the molecule is CCN1CCCCCCN(C(=O)CC2CCCCO2)[C@@H](CC(C)C)COc2ccccc2C1=O. The van der Waals surface area contributed by atoms with Crippen molar-refractivity contribution in [3.63, 3.8) is 0 Å². The molecule has 34 heavy (non-hydrogen) atoms. The normalized spacial score (nSPS) is 23.2. The fourth-order valence-electron chi connectivity index (χ4n) is 5.09. The molecule has 0 saturated carbocycles. The predicted molar refractivity (Wildman–Crippen MR) is 135 cm³/mol. The van der Waals surface area contributed by atoms with Gasteiger partial charge in [0.15, 0.2) is 0 Å². The number of carbonyl (C=O) groups excluding carboxylic acids is 2. The summed E-state index contributed by atoms with van der Waals surface area (Å²) in [6, 6.07) is 7.51. The molecule has 0 bridgehead atoms. The third kappa shape index (κ3) is 7.72.